The molecule has 0 amide bonds. The van der Waals surface area contributed by atoms with Crippen LogP contribution in [-0.2, 0) is 0 Å². The minimum Gasteiger partial charge on any atom is -0.324 e. The molecule has 8 bridgehead atoms. The van der Waals surface area contributed by atoms with Gasteiger partial charge in [0.15, 0.2) is 0 Å². The van der Waals surface area contributed by atoms with Gasteiger partial charge in [0.25, 0.3) is 0 Å². The van der Waals surface area contributed by atoms with Crippen molar-refractivity contribution in [3.63, 3.8) is 0 Å². The summed E-state index contributed by atoms with van der Waals surface area (Å²) in [5.74, 6) is 1.25. The Bertz CT molecular complexity index is 1280. The van der Waals surface area contributed by atoms with Crippen molar-refractivity contribution < 1.29 is 0 Å². The lowest BCUT2D eigenvalue weighted by Crippen LogP contribution is -1.93. The first-order chi connectivity index (χ1) is 14.6. The second-order valence-corrected chi connectivity index (χ2v) is 6.83. The molecule has 2 aromatic carbocycles. The highest BCUT2D eigenvalue weighted by Gasteiger charge is 1.98. The Morgan fingerprint density at radius 1 is 0.400 bits per heavy atom. The molecule has 0 unspecified atom stereocenters. The Labute approximate surface area is 177 Å². The summed E-state index contributed by atoms with van der Waals surface area (Å²) >= 11 is 12.1. The van der Waals surface area contributed by atoms with Crippen LogP contribution in [0.5, 0.6) is 0 Å². The standard InChI is InChI=1S/C18H12Cl2N10/c19-13-25-15-21-9-1-2-10(4-3-9)22-16-26-14(20)28-18(30-16)24-12-7-5-11(6-8-12)23-17(27-13)29-15/h1-8H,(H2,21,23,25,27,29)(H2,22,24,26,28,30). The van der Waals surface area contributed by atoms with Crippen LogP contribution in [0.4, 0.5) is 0 Å². The second kappa shape index (κ2) is 7.58. The fourth-order valence-electron chi connectivity index (χ4n) is 2.71. The van der Waals surface area contributed by atoms with E-state index in [2.05, 4.69) is 49.8 Å². The van der Waals surface area contributed by atoms with E-state index in [1.807, 2.05) is 48.5 Å². The minimum absolute atomic E-state index is 0.0690. The van der Waals surface area contributed by atoms with E-state index in [0.29, 0.717) is 23.1 Å². The van der Waals surface area contributed by atoms with E-state index in [1.165, 1.54) is 0 Å². The van der Waals surface area contributed by atoms with Gasteiger partial charge in [0.2, 0.25) is 33.7 Å². The molecule has 8 rings (SSSR count). The highest BCUT2D eigenvalue weighted by molar-refractivity contribution is 6.28. The fraction of sp³-hybridized carbons (Fsp3) is 0. The van der Waals surface area contributed by atoms with Gasteiger partial charge in [-0.05, 0) is 71.7 Å². The Balaban J connectivity index is 1.89. The van der Waals surface area contributed by atoms with Gasteiger partial charge in [-0.3, -0.25) is 0 Å². The molecule has 0 saturated heterocycles. The van der Waals surface area contributed by atoms with Gasteiger partial charge in [-0.2, -0.15) is 29.9 Å². The summed E-state index contributed by atoms with van der Waals surface area (Å²) in [4.78, 5) is 37.6. The van der Waals surface area contributed by atoms with Crippen molar-refractivity contribution in [1.29, 1.82) is 0 Å². The molecule has 6 heterocycles. The first-order valence-corrected chi connectivity index (χ1v) is 9.46. The summed E-state index contributed by atoms with van der Waals surface area (Å²) in [5.41, 5.74) is 3.04. The maximum Gasteiger partial charge on any atom is 0.233 e. The molecule has 148 valence electrons. The zero-order valence-corrected chi connectivity index (χ0v) is 16.6. The quantitative estimate of drug-likeness (QED) is 0.286. The van der Waals surface area contributed by atoms with Crippen LogP contribution in [0, 0.1) is 0 Å². The van der Waals surface area contributed by atoms with Crippen LogP contribution in [0.15, 0.2) is 48.5 Å². The molecule has 0 spiro atoms. The van der Waals surface area contributed by atoms with Crippen molar-refractivity contribution in [1.82, 2.24) is 49.8 Å². The number of benzene rings is 2. The van der Waals surface area contributed by atoms with Gasteiger partial charge in [0.05, 0.1) is 0 Å². The van der Waals surface area contributed by atoms with Gasteiger partial charge < -0.3 is 19.9 Å². The van der Waals surface area contributed by atoms with E-state index >= 15 is 0 Å². The van der Waals surface area contributed by atoms with Gasteiger partial charge in [-0.25, -0.2) is 0 Å². The fourth-order valence-corrected chi connectivity index (χ4v) is 3.03. The van der Waals surface area contributed by atoms with Crippen molar-refractivity contribution in [3.05, 3.63) is 59.1 Å². The number of aromatic amines is 4. The average molecular weight is 439 g/mol. The predicted octanol–water partition coefficient (Wildman–Crippen LogP) is 4.10. The Morgan fingerprint density at radius 2 is 0.633 bits per heavy atom. The third kappa shape index (κ3) is 4.14. The molecule has 0 aliphatic carbocycles. The van der Waals surface area contributed by atoms with Crippen LogP contribution in [0.3, 0.4) is 0 Å². The molecular weight excluding hydrogens is 427 g/mol. The highest BCUT2D eigenvalue weighted by Crippen LogP contribution is 2.08. The third-order valence-corrected chi connectivity index (χ3v) is 4.35. The SMILES string of the molecule is Clc1nc2nc(n1)[nH]c1ccc(cc1)[nH]c1nc(Cl)nc(n1)[nH]c1ccc(cc1)[nH]2. The molecular formula is C18H12Cl2N10. The highest BCUT2D eigenvalue weighted by atomic mass is 35.5. The molecule has 8 aromatic rings. The van der Waals surface area contributed by atoms with Crippen LogP contribution in [0.25, 0.3) is 45.2 Å². The monoisotopic (exact) mass is 438 g/mol. The van der Waals surface area contributed by atoms with Crippen LogP contribution in [0.1, 0.15) is 0 Å². The van der Waals surface area contributed by atoms with Gasteiger partial charge in [0.1, 0.15) is 0 Å². The molecule has 0 saturated carbocycles. The number of hydrogen-bond acceptors (Lipinski definition) is 6. The number of hydrogen-bond donors (Lipinski definition) is 4. The van der Waals surface area contributed by atoms with Crippen molar-refractivity contribution in [2.24, 2.45) is 0 Å². The van der Waals surface area contributed by atoms with E-state index in [1.54, 1.807) is 0 Å². The van der Waals surface area contributed by atoms with Crippen LogP contribution >= 0.6 is 23.2 Å². The summed E-state index contributed by atoms with van der Waals surface area (Å²) in [6.45, 7) is 0. The van der Waals surface area contributed by atoms with E-state index < -0.39 is 0 Å². The lowest BCUT2D eigenvalue weighted by Gasteiger charge is -1.97. The first-order valence-electron chi connectivity index (χ1n) is 8.70. The van der Waals surface area contributed by atoms with Crippen molar-refractivity contribution in [2.75, 3.05) is 0 Å². The molecule has 0 aliphatic rings. The van der Waals surface area contributed by atoms with Crippen molar-refractivity contribution in [2.45, 2.75) is 0 Å². The molecule has 6 aromatic heterocycles. The summed E-state index contributed by atoms with van der Waals surface area (Å²) in [7, 11) is 0. The molecule has 12 heteroatoms. The topological polar surface area (TPSA) is 140 Å². The zero-order chi connectivity index (χ0) is 20.5. The smallest absolute Gasteiger partial charge is 0.233 e. The molecule has 0 atom stereocenters. The third-order valence-electron chi connectivity index (χ3n) is 4.01. The largest absolute Gasteiger partial charge is 0.324 e. The van der Waals surface area contributed by atoms with Crippen LogP contribution in [-0.4, -0.2) is 49.8 Å². The molecule has 0 radical (unpaired) electrons. The zero-order valence-electron chi connectivity index (χ0n) is 15.1. The average Bonchev–Trinajstić information content (AvgIpc) is 2.70. The summed E-state index contributed by atoms with van der Waals surface area (Å²) < 4.78 is 0. The summed E-state index contributed by atoms with van der Waals surface area (Å²) in [6.07, 6.45) is 0. The normalized spacial score (nSPS) is 11.0. The minimum atomic E-state index is 0.0690. The number of aromatic nitrogens is 10. The van der Waals surface area contributed by atoms with Gasteiger partial charge in [-0.15, -0.1) is 0 Å². The lowest BCUT2D eigenvalue weighted by molar-refractivity contribution is 1.09. The lowest BCUT2D eigenvalue weighted by atomic mass is 10.3. The number of H-pyrrole nitrogens is 4. The van der Waals surface area contributed by atoms with Crippen LogP contribution in [0.2, 0.25) is 10.6 Å². The molecule has 0 aliphatic heterocycles. The number of nitrogens with zero attached hydrogens (tertiary/aromatic N) is 6. The molecule has 4 N–H and O–H groups in total. The number of halogens is 2. The Morgan fingerprint density at radius 3 is 0.867 bits per heavy atom. The van der Waals surface area contributed by atoms with Crippen molar-refractivity contribution in [3.8, 4) is 0 Å². The molecule has 0 fully saturated rings. The van der Waals surface area contributed by atoms with E-state index in [4.69, 9.17) is 23.2 Å². The second-order valence-electron chi connectivity index (χ2n) is 6.16. The summed E-state index contributed by atoms with van der Waals surface area (Å²) in [6, 6.07) is 14.7. The maximum atomic E-state index is 6.06. The number of rotatable bonds is 0. The van der Waals surface area contributed by atoms with Gasteiger partial charge >= 0.3 is 0 Å². The van der Waals surface area contributed by atoms with Crippen molar-refractivity contribution >= 4 is 68.4 Å². The predicted molar refractivity (Wildman–Crippen MR) is 115 cm³/mol. The molecule has 10 nitrogen and oxygen atoms in total. The summed E-state index contributed by atoms with van der Waals surface area (Å²) in [5, 5.41) is 0.138. The van der Waals surface area contributed by atoms with E-state index in [9.17, 15) is 0 Å². The van der Waals surface area contributed by atoms with E-state index in [-0.39, 0.29) is 10.6 Å². The number of nitrogens with one attached hydrogen (secondary N) is 4. The molecule has 30 heavy (non-hydrogen) atoms. The van der Waals surface area contributed by atoms with E-state index in [0.717, 1.165) is 22.1 Å². The van der Waals surface area contributed by atoms with Gasteiger partial charge in [-0.1, -0.05) is 0 Å². The Hall–Kier alpha value is -3.76. The maximum absolute atomic E-state index is 6.06. The Kier molecular flexibility index (Phi) is 4.62. The van der Waals surface area contributed by atoms with Gasteiger partial charge in [0, 0.05) is 22.1 Å². The first kappa shape index (κ1) is 18.3. The van der Waals surface area contributed by atoms with Crippen LogP contribution < -0.4 is 0 Å².